The van der Waals surface area contributed by atoms with Crippen molar-refractivity contribution in [3.8, 4) is 11.5 Å². The highest BCUT2D eigenvalue weighted by Crippen LogP contribution is 2.39. The zero-order chi connectivity index (χ0) is 24.2. The Balaban J connectivity index is 1.56. The van der Waals surface area contributed by atoms with Gasteiger partial charge < -0.3 is 25.2 Å². The first kappa shape index (κ1) is 23.9. The van der Waals surface area contributed by atoms with Crippen molar-refractivity contribution < 1.29 is 19.4 Å². The maximum atomic E-state index is 12.9. The molecular formula is C28H34N2O4. The van der Waals surface area contributed by atoms with Crippen LogP contribution in [0.25, 0.3) is 11.4 Å². The molecule has 6 heteroatoms. The minimum absolute atomic E-state index is 0.224. The number of carbonyl (C=O) groups is 1. The van der Waals surface area contributed by atoms with Crippen LogP contribution >= 0.6 is 0 Å². The summed E-state index contributed by atoms with van der Waals surface area (Å²) in [5.41, 5.74) is 3.95. The third-order valence-electron chi connectivity index (χ3n) is 6.56. The number of benzene rings is 2. The summed E-state index contributed by atoms with van der Waals surface area (Å²) in [6, 6.07) is 15.2. The zero-order valence-electron chi connectivity index (χ0n) is 20.4. The minimum Gasteiger partial charge on any atom is -0.493 e. The fraction of sp³-hybridized carbons (Fsp3) is 0.393. The van der Waals surface area contributed by atoms with Crippen molar-refractivity contribution in [1.29, 1.82) is 0 Å². The molecule has 0 aliphatic carbocycles. The zero-order valence-corrected chi connectivity index (χ0v) is 20.4. The number of fused-ring (bicyclic) bond motifs is 1. The van der Waals surface area contributed by atoms with Crippen LogP contribution in [0.5, 0.6) is 11.5 Å². The summed E-state index contributed by atoms with van der Waals surface area (Å²) in [6.07, 6.45) is 1.16. The van der Waals surface area contributed by atoms with E-state index in [1.807, 2.05) is 48.5 Å². The standard InChI is InChI=1S/C28H34N2O4/c1-5-17(3)15-33-21-11-7-19(8-12-21)25-23-24(28(32)29-25)26(30-27(23)31)20-9-13-22(14-10-20)34-16-18(4)6-2/h7-14,17-18,27,30-31H,5-6,15-16H2,1-4H3,(H,29,32). The highest BCUT2D eigenvalue weighted by Gasteiger charge is 2.40. The molecule has 3 unspecified atom stereocenters. The van der Waals surface area contributed by atoms with Gasteiger partial charge in [0.2, 0.25) is 0 Å². The maximum absolute atomic E-state index is 12.9. The van der Waals surface area contributed by atoms with Gasteiger partial charge in [-0.1, -0.05) is 40.5 Å². The Morgan fingerprint density at radius 1 is 0.824 bits per heavy atom. The van der Waals surface area contributed by atoms with Crippen LogP contribution in [-0.2, 0) is 4.79 Å². The third kappa shape index (κ3) is 4.97. The van der Waals surface area contributed by atoms with E-state index in [-0.39, 0.29) is 5.91 Å². The molecular weight excluding hydrogens is 428 g/mol. The molecule has 0 bridgehead atoms. The summed E-state index contributed by atoms with van der Waals surface area (Å²) in [7, 11) is 0. The Labute approximate surface area is 201 Å². The average Bonchev–Trinajstić information content (AvgIpc) is 3.39. The number of amides is 1. The van der Waals surface area contributed by atoms with Crippen molar-refractivity contribution in [2.45, 2.75) is 46.8 Å². The molecule has 3 atom stereocenters. The van der Waals surface area contributed by atoms with Crippen LogP contribution in [0, 0.1) is 11.8 Å². The van der Waals surface area contributed by atoms with Gasteiger partial charge in [0.05, 0.1) is 30.2 Å². The molecule has 0 spiro atoms. The Kier molecular flexibility index (Phi) is 7.27. The molecule has 2 aliphatic heterocycles. The van der Waals surface area contributed by atoms with Gasteiger partial charge in [0, 0.05) is 5.57 Å². The number of carbonyl (C=O) groups excluding carboxylic acids is 1. The van der Waals surface area contributed by atoms with Gasteiger partial charge in [0.15, 0.2) is 6.23 Å². The fourth-order valence-corrected chi connectivity index (χ4v) is 3.90. The first-order valence-corrected chi connectivity index (χ1v) is 12.1. The summed E-state index contributed by atoms with van der Waals surface area (Å²) in [4.78, 5) is 12.9. The van der Waals surface area contributed by atoms with E-state index >= 15 is 0 Å². The smallest absolute Gasteiger partial charge is 0.258 e. The molecule has 2 heterocycles. The molecule has 0 saturated carbocycles. The van der Waals surface area contributed by atoms with E-state index in [0.717, 1.165) is 35.5 Å². The Morgan fingerprint density at radius 3 is 1.76 bits per heavy atom. The summed E-state index contributed by atoms with van der Waals surface area (Å²) >= 11 is 0. The van der Waals surface area contributed by atoms with Gasteiger partial charge in [-0.3, -0.25) is 4.79 Å². The van der Waals surface area contributed by atoms with E-state index in [9.17, 15) is 9.90 Å². The van der Waals surface area contributed by atoms with Crippen LogP contribution in [0.15, 0.2) is 59.7 Å². The molecule has 6 nitrogen and oxygen atoms in total. The van der Waals surface area contributed by atoms with Gasteiger partial charge in [-0.2, -0.15) is 0 Å². The second-order valence-corrected chi connectivity index (χ2v) is 9.24. The van der Waals surface area contributed by atoms with E-state index in [0.29, 0.717) is 47.6 Å². The Hall–Kier alpha value is -3.25. The molecule has 2 aromatic carbocycles. The predicted molar refractivity (Wildman–Crippen MR) is 134 cm³/mol. The molecule has 0 radical (unpaired) electrons. The monoisotopic (exact) mass is 462 g/mol. The first-order valence-electron chi connectivity index (χ1n) is 12.1. The molecule has 2 aliphatic rings. The topological polar surface area (TPSA) is 79.8 Å². The lowest BCUT2D eigenvalue weighted by atomic mass is 10.0. The minimum atomic E-state index is -0.971. The number of ether oxygens (including phenoxy) is 2. The van der Waals surface area contributed by atoms with E-state index in [1.165, 1.54) is 0 Å². The van der Waals surface area contributed by atoms with Crippen molar-refractivity contribution in [2.24, 2.45) is 11.8 Å². The third-order valence-corrected chi connectivity index (χ3v) is 6.56. The molecule has 1 amide bonds. The molecule has 3 N–H and O–H groups in total. The number of hydrogen-bond acceptors (Lipinski definition) is 5. The highest BCUT2D eigenvalue weighted by molar-refractivity contribution is 6.16. The summed E-state index contributed by atoms with van der Waals surface area (Å²) < 4.78 is 11.7. The number of hydrogen-bond donors (Lipinski definition) is 3. The largest absolute Gasteiger partial charge is 0.493 e. The van der Waals surface area contributed by atoms with Crippen LogP contribution in [0.1, 0.15) is 51.7 Å². The number of aliphatic hydroxyl groups is 1. The van der Waals surface area contributed by atoms with E-state index in [1.54, 1.807) is 0 Å². The number of aliphatic hydroxyl groups excluding tert-OH is 1. The van der Waals surface area contributed by atoms with Gasteiger partial charge in [0.1, 0.15) is 11.5 Å². The number of nitrogens with one attached hydrogen (secondary N) is 2. The molecule has 2 aromatic rings. The second-order valence-electron chi connectivity index (χ2n) is 9.24. The summed E-state index contributed by atoms with van der Waals surface area (Å²) in [5.74, 6) is 2.33. The average molecular weight is 463 g/mol. The van der Waals surface area contributed by atoms with Crippen LogP contribution < -0.4 is 20.1 Å². The van der Waals surface area contributed by atoms with Crippen LogP contribution in [0.4, 0.5) is 0 Å². The van der Waals surface area contributed by atoms with Gasteiger partial charge >= 0.3 is 0 Å². The van der Waals surface area contributed by atoms with E-state index in [2.05, 4.69) is 38.3 Å². The van der Waals surface area contributed by atoms with Gasteiger partial charge in [-0.05, 0) is 71.5 Å². The molecule has 0 aromatic heterocycles. The normalized spacial score (nSPS) is 19.0. The van der Waals surface area contributed by atoms with Gasteiger partial charge in [0.25, 0.3) is 5.91 Å². The summed E-state index contributed by atoms with van der Waals surface area (Å²) in [5, 5.41) is 16.8. The summed E-state index contributed by atoms with van der Waals surface area (Å²) in [6.45, 7) is 9.93. The maximum Gasteiger partial charge on any atom is 0.258 e. The van der Waals surface area contributed by atoms with Crippen LogP contribution in [-0.4, -0.2) is 30.5 Å². The number of rotatable bonds is 10. The fourth-order valence-electron chi connectivity index (χ4n) is 3.90. The molecule has 0 fully saturated rings. The lowest BCUT2D eigenvalue weighted by Gasteiger charge is -2.14. The van der Waals surface area contributed by atoms with Crippen molar-refractivity contribution in [3.63, 3.8) is 0 Å². The molecule has 180 valence electrons. The van der Waals surface area contributed by atoms with Crippen LogP contribution in [0.3, 0.4) is 0 Å². The van der Waals surface area contributed by atoms with Crippen molar-refractivity contribution in [3.05, 3.63) is 70.8 Å². The predicted octanol–water partition coefficient (Wildman–Crippen LogP) is 4.71. The van der Waals surface area contributed by atoms with Crippen molar-refractivity contribution in [1.82, 2.24) is 10.6 Å². The molecule has 0 saturated heterocycles. The highest BCUT2D eigenvalue weighted by atomic mass is 16.5. The van der Waals surface area contributed by atoms with Crippen molar-refractivity contribution in [2.75, 3.05) is 13.2 Å². The van der Waals surface area contributed by atoms with Crippen molar-refractivity contribution >= 4 is 17.3 Å². The van der Waals surface area contributed by atoms with E-state index < -0.39 is 6.23 Å². The Bertz CT molecular complexity index is 1090. The quantitative estimate of drug-likeness (QED) is 0.477. The first-order chi connectivity index (χ1) is 16.4. The van der Waals surface area contributed by atoms with Crippen LogP contribution in [0.2, 0.25) is 0 Å². The molecule has 4 rings (SSSR count). The lowest BCUT2D eigenvalue weighted by molar-refractivity contribution is -0.115. The second kappa shape index (κ2) is 10.3. The Morgan fingerprint density at radius 2 is 1.29 bits per heavy atom. The SMILES string of the molecule is CCC(C)COc1ccc(C2=C3C(=O)NC(c4ccc(OCC(C)CC)cc4)=C3C(O)N2)cc1. The van der Waals surface area contributed by atoms with Gasteiger partial charge in [-0.25, -0.2) is 0 Å². The molecule has 34 heavy (non-hydrogen) atoms. The van der Waals surface area contributed by atoms with E-state index in [4.69, 9.17) is 9.47 Å². The lowest BCUT2D eigenvalue weighted by Crippen LogP contribution is -2.25. The van der Waals surface area contributed by atoms with Gasteiger partial charge in [-0.15, -0.1) is 0 Å².